The maximum absolute atomic E-state index is 8.36. The molecule has 7 heteroatoms. The van der Waals surface area contributed by atoms with Gasteiger partial charge in [0.25, 0.3) is 6.47 Å². The Morgan fingerprint density at radius 2 is 2.08 bits per heavy atom. The molecule has 0 radical (unpaired) electrons. The third kappa shape index (κ3) is 3.00. The average Bonchev–Trinajstić information content (AvgIpc) is 3.29. The van der Waals surface area contributed by atoms with E-state index in [1.807, 2.05) is 23.0 Å². The Kier molecular flexibility index (Phi) is 4.33. The van der Waals surface area contributed by atoms with Crippen LogP contribution in [0.15, 0.2) is 55.1 Å². The second-order valence-corrected chi connectivity index (χ2v) is 5.02. The zero-order valence-corrected chi connectivity index (χ0v) is 12.9. The summed E-state index contributed by atoms with van der Waals surface area (Å²) in [5.41, 5.74) is 3.96. The number of carbonyl (C=O) groups is 1. The third-order valence-corrected chi connectivity index (χ3v) is 3.51. The molecule has 0 aliphatic heterocycles. The van der Waals surface area contributed by atoms with Crippen molar-refractivity contribution in [1.29, 1.82) is 0 Å². The van der Waals surface area contributed by atoms with E-state index in [4.69, 9.17) is 14.9 Å². The van der Waals surface area contributed by atoms with E-state index in [1.165, 1.54) is 5.56 Å². The number of aryl methyl sites for hydroxylation is 1. The summed E-state index contributed by atoms with van der Waals surface area (Å²) in [6.45, 7) is 1.84. The van der Waals surface area contributed by atoms with Crippen molar-refractivity contribution in [2.75, 3.05) is 0 Å². The summed E-state index contributed by atoms with van der Waals surface area (Å²) >= 11 is 0. The first-order valence-electron chi connectivity index (χ1n) is 7.22. The lowest BCUT2D eigenvalue weighted by molar-refractivity contribution is -0.122. The van der Waals surface area contributed by atoms with Gasteiger partial charge in [0.1, 0.15) is 5.69 Å². The van der Waals surface area contributed by atoms with Crippen LogP contribution in [0.2, 0.25) is 0 Å². The summed E-state index contributed by atoms with van der Waals surface area (Å²) in [6, 6.07) is 10.1. The van der Waals surface area contributed by atoms with Crippen molar-refractivity contribution in [1.82, 2.24) is 24.7 Å². The van der Waals surface area contributed by atoms with E-state index in [2.05, 4.69) is 40.2 Å². The van der Waals surface area contributed by atoms with Crippen LogP contribution >= 0.6 is 0 Å². The number of nitrogens with zero attached hydrogens (tertiary/aromatic N) is 4. The molecular weight excluding hydrogens is 306 g/mol. The molecule has 0 fully saturated rings. The minimum absolute atomic E-state index is 0.250. The van der Waals surface area contributed by atoms with Crippen LogP contribution < -0.4 is 0 Å². The summed E-state index contributed by atoms with van der Waals surface area (Å²) in [6.07, 6.45) is 7.22. The van der Waals surface area contributed by atoms with E-state index >= 15 is 0 Å². The van der Waals surface area contributed by atoms with Crippen LogP contribution in [0.1, 0.15) is 5.56 Å². The standard InChI is InChI=1S/C16H13N5.CH2O2/c1-11-9-15(16-17-6-7-18-16)20-14-10-12(3-4-13(11)14)21-8-2-5-19-21;2-1-3/h2-10H,1H3,(H,17,18);1H,(H,2,3). The van der Waals surface area contributed by atoms with Gasteiger partial charge < -0.3 is 10.1 Å². The summed E-state index contributed by atoms with van der Waals surface area (Å²) in [5.74, 6) is 0.782. The first-order valence-corrected chi connectivity index (χ1v) is 7.22. The summed E-state index contributed by atoms with van der Waals surface area (Å²) in [4.78, 5) is 20.4. The topological polar surface area (TPSA) is 96.7 Å². The first-order chi connectivity index (χ1) is 11.7. The van der Waals surface area contributed by atoms with Crippen molar-refractivity contribution in [3.05, 3.63) is 60.7 Å². The molecule has 3 aromatic heterocycles. The number of pyridine rings is 1. The van der Waals surface area contributed by atoms with Crippen molar-refractivity contribution >= 4 is 17.4 Å². The Morgan fingerprint density at radius 3 is 2.75 bits per heavy atom. The Morgan fingerprint density at radius 1 is 1.25 bits per heavy atom. The predicted molar refractivity (Wildman–Crippen MR) is 89.9 cm³/mol. The van der Waals surface area contributed by atoms with E-state index in [0.29, 0.717) is 0 Å². The zero-order valence-electron chi connectivity index (χ0n) is 12.9. The second-order valence-electron chi connectivity index (χ2n) is 5.02. The molecule has 4 aromatic rings. The van der Waals surface area contributed by atoms with E-state index in [9.17, 15) is 0 Å². The van der Waals surface area contributed by atoms with Gasteiger partial charge in [0.2, 0.25) is 0 Å². The van der Waals surface area contributed by atoms with Crippen molar-refractivity contribution in [3.8, 4) is 17.2 Å². The van der Waals surface area contributed by atoms with Gasteiger partial charge in [0.15, 0.2) is 5.82 Å². The van der Waals surface area contributed by atoms with Crippen molar-refractivity contribution in [3.63, 3.8) is 0 Å². The van der Waals surface area contributed by atoms with E-state index < -0.39 is 0 Å². The molecule has 0 unspecified atom stereocenters. The van der Waals surface area contributed by atoms with Gasteiger partial charge in [-0.05, 0) is 36.8 Å². The third-order valence-electron chi connectivity index (χ3n) is 3.51. The van der Waals surface area contributed by atoms with Crippen LogP contribution in [-0.2, 0) is 4.79 Å². The molecule has 0 saturated heterocycles. The van der Waals surface area contributed by atoms with E-state index in [1.54, 1.807) is 18.6 Å². The van der Waals surface area contributed by atoms with E-state index in [0.717, 1.165) is 28.1 Å². The molecule has 0 amide bonds. The number of H-pyrrole nitrogens is 1. The molecular formula is C17H15N5O2. The highest BCUT2D eigenvalue weighted by molar-refractivity contribution is 5.86. The fourth-order valence-electron chi connectivity index (χ4n) is 2.48. The molecule has 2 N–H and O–H groups in total. The minimum Gasteiger partial charge on any atom is -0.483 e. The van der Waals surface area contributed by atoms with Crippen LogP contribution in [0.4, 0.5) is 0 Å². The maximum Gasteiger partial charge on any atom is 0.290 e. The number of nitrogens with one attached hydrogen (secondary N) is 1. The van der Waals surface area contributed by atoms with Gasteiger partial charge in [-0.3, -0.25) is 4.79 Å². The molecule has 7 nitrogen and oxygen atoms in total. The minimum atomic E-state index is -0.250. The van der Waals surface area contributed by atoms with Crippen LogP contribution in [0.5, 0.6) is 0 Å². The first kappa shape index (κ1) is 15.4. The molecule has 0 aliphatic rings. The number of aromatic amines is 1. The fraction of sp³-hybridized carbons (Fsp3) is 0.0588. The lowest BCUT2D eigenvalue weighted by Gasteiger charge is -2.07. The van der Waals surface area contributed by atoms with Gasteiger partial charge in [-0.1, -0.05) is 6.07 Å². The fourth-order valence-corrected chi connectivity index (χ4v) is 2.48. The van der Waals surface area contributed by atoms with Crippen LogP contribution in [0, 0.1) is 6.92 Å². The number of fused-ring (bicyclic) bond motifs is 1. The number of aromatic nitrogens is 5. The Balaban J connectivity index is 0.000000526. The molecule has 0 spiro atoms. The molecule has 1 aromatic carbocycles. The summed E-state index contributed by atoms with van der Waals surface area (Å²) < 4.78 is 1.83. The van der Waals surface area contributed by atoms with Crippen LogP contribution in [0.3, 0.4) is 0 Å². The van der Waals surface area contributed by atoms with Crippen molar-refractivity contribution in [2.24, 2.45) is 0 Å². The molecule has 24 heavy (non-hydrogen) atoms. The monoisotopic (exact) mass is 321 g/mol. The van der Waals surface area contributed by atoms with Gasteiger partial charge in [-0.25, -0.2) is 14.6 Å². The molecule has 0 bridgehead atoms. The average molecular weight is 321 g/mol. The molecule has 3 heterocycles. The van der Waals surface area contributed by atoms with Crippen LogP contribution in [-0.4, -0.2) is 36.3 Å². The maximum atomic E-state index is 8.36. The number of imidazole rings is 1. The Bertz CT molecular complexity index is 941. The van der Waals surface area contributed by atoms with Crippen molar-refractivity contribution in [2.45, 2.75) is 6.92 Å². The lowest BCUT2D eigenvalue weighted by atomic mass is 10.1. The number of hydrogen-bond donors (Lipinski definition) is 2. The lowest BCUT2D eigenvalue weighted by Crippen LogP contribution is -1.96. The SMILES string of the molecule is Cc1cc(-c2ncc[nH]2)nc2cc(-n3cccn3)ccc12.O=CO. The smallest absolute Gasteiger partial charge is 0.290 e. The predicted octanol–water partition coefficient (Wildman–Crippen LogP) is 2.82. The van der Waals surface area contributed by atoms with Gasteiger partial charge in [-0.15, -0.1) is 0 Å². The normalized spacial score (nSPS) is 10.2. The Hall–Kier alpha value is -3.48. The number of benzene rings is 1. The van der Waals surface area contributed by atoms with Gasteiger partial charge in [0, 0.05) is 30.2 Å². The van der Waals surface area contributed by atoms with Crippen LogP contribution in [0.25, 0.3) is 28.1 Å². The summed E-state index contributed by atoms with van der Waals surface area (Å²) in [5, 5.41) is 12.3. The molecule has 120 valence electrons. The second kappa shape index (κ2) is 6.74. The number of rotatable bonds is 2. The van der Waals surface area contributed by atoms with Gasteiger partial charge in [0.05, 0.1) is 11.2 Å². The van der Waals surface area contributed by atoms with Gasteiger partial charge in [-0.2, -0.15) is 5.10 Å². The molecule has 0 aliphatic carbocycles. The highest BCUT2D eigenvalue weighted by atomic mass is 16.3. The molecule has 0 saturated carbocycles. The highest BCUT2D eigenvalue weighted by Gasteiger charge is 2.08. The largest absolute Gasteiger partial charge is 0.483 e. The Labute approximate surface area is 137 Å². The zero-order chi connectivity index (χ0) is 16.9. The summed E-state index contributed by atoms with van der Waals surface area (Å²) in [7, 11) is 0. The van der Waals surface area contributed by atoms with E-state index in [-0.39, 0.29) is 6.47 Å². The number of carboxylic acid groups (broad SMARTS) is 1. The molecule has 0 atom stereocenters. The quantitative estimate of drug-likeness (QED) is 0.553. The number of hydrogen-bond acceptors (Lipinski definition) is 4. The molecule has 4 rings (SSSR count). The van der Waals surface area contributed by atoms with Crippen molar-refractivity contribution < 1.29 is 9.90 Å². The highest BCUT2D eigenvalue weighted by Crippen LogP contribution is 2.24. The van der Waals surface area contributed by atoms with Gasteiger partial charge >= 0.3 is 0 Å².